The van der Waals surface area contributed by atoms with Crippen LogP contribution in [0.2, 0.25) is 0 Å². The average Bonchev–Trinajstić information content (AvgIpc) is 2.50. The minimum absolute atomic E-state index is 0.111. The van der Waals surface area contributed by atoms with E-state index in [1.165, 1.54) is 12.1 Å². The fraction of sp³-hybridized carbons (Fsp3) is 0.235. The molecule has 1 amide bonds. The number of hydrogen-bond acceptors (Lipinski definition) is 3. The van der Waals surface area contributed by atoms with E-state index in [1.54, 1.807) is 42.5 Å². The SMILES string of the molecule is CCCC(=O)N(c1ccc(C)cc1)S(=O)(=O)c1ccccc1. The van der Waals surface area contributed by atoms with Crippen LogP contribution in [0, 0.1) is 6.92 Å². The standard InChI is InChI=1S/C17H19NO3S/c1-3-7-17(19)18(15-12-10-14(2)11-13-15)22(20,21)16-8-5-4-6-9-16/h4-6,8-13H,3,7H2,1-2H3. The van der Waals surface area contributed by atoms with Gasteiger partial charge < -0.3 is 0 Å². The van der Waals surface area contributed by atoms with Gasteiger partial charge in [-0.15, -0.1) is 0 Å². The minimum Gasteiger partial charge on any atom is -0.273 e. The van der Waals surface area contributed by atoms with Crippen LogP contribution in [0.25, 0.3) is 0 Å². The van der Waals surface area contributed by atoms with Crippen molar-refractivity contribution < 1.29 is 13.2 Å². The van der Waals surface area contributed by atoms with Gasteiger partial charge in [-0.1, -0.05) is 42.8 Å². The molecule has 116 valence electrons. The molecule has 0 saturated heterocycles. The molecule has 2 aromatic rings. The lowest BCUT2D eigenvalue weighted by molar-refractivity contribution is -0.117. The highest BCUT2D eigenvalue weighted by Crippen LogP contribution is 2.25. The smallest absolute Gasteiger partial charge is 0.270 e. The molecule has 0 aliphatic rings. The molecule has 0 heterocycles. The summed E-state index contributed by atoms with van der Waals surface area (Å²) in [5.41, 5.74) is 1.37. The zero-order valence-electron chi connectivity index (χ0n) is 12.7. The molecule has 0 aliphatic heterocycles. The molecular formula is C17H19NO3S. The van der Waals surface area contributed by atoms with E-state index >= 15 is 0 Å². The first-order valence-corrected chi connectivity index (χ1v) is 8.60. The molecule has 0 radical (unpaired) electrons. The summed E-state index contributed by atoms with van der Waals surface area (Å²) in [6.07, 6.45) is 0.769. The van der Waals surface area contributed by atoms with Crippen LogP contribution in [0.3, 0.4) is 0 Å². The molecule has 0 aliphatic carbocycles. The zero-order chi connectivity index (χ0) is 16.2. The summed E-state index contributed by atoms with van der Waals surface area (Å²) in [6.45, 7) is 3.76. The van der Waals surface area contributed by atoms with Gasteiger partial charge in [0.15, 0.2) is 0 Å². The van der Waals surface area contributed by atoms with Crippen molar-refractivity contribution >= 4 is 21.6 Å². The Morgan fingerprint density at radius 3 is 2.14 bits per heavy atom. The molecule has 0 N–H and O–H groups in total. The topological polar surface area (TPSA) is 54.5 Å². The van der Waals surface area contributed by atoms with E-state index in [0.717, 1.165) is 9.87 Å². The maximum absolute atomic E-state index is 12.8. The number of rotatable bonds is 5. The van der Waals surface area contributed by atoms with Gasteiger partial charge in [0.1, 0.15) is 0 Å². The molecule has 2 aromatic carbocycles. The predicted octanol–water partition coefficient (Wildman–Crippen LogP) is 3.52. The van der Waals surface area contributed by atoms with E-state index in [-0.39, 0.29) is 11.3 Å². The number of sulfonamides is 1. The van der Waals surface area contributed by atoms with Gasteiger partial charge in [0, 0.05) is 6.42 Å². The highest BCUT2D eigenvalue weighted by Gasteiger charge is 2.30. The average molecular weight is 317 g/mol. The molecular weight excluding hydrogens is 298 g/mol. The number of anilines is 1. The summed E-state index contributed by atoms with van der Waals surface area (Å²) >= 11 is 0. The number of carbonyl (C=O) groups is 1. The Morgan fingerprint density at radius 2 is 1.59 bits per heavy atom. The van der Waals surface area contributed by atoms with Gasteiger partial charge in [-0.2, -0.15) is 0 Å². The molecule has 0 fully saturated rings. The second-order valence-electron chi connectivity index (χ2n) is 5.06. The van der Waals surface area contributed by atoms with Crippen LogP contribution in [-0.2, 0) is 14.8 Å². The second kappa shape index (κ2) is 6.75. The van der Waals surface area contributed by atoms with Gasteiger partial charge in [0.05, 0.1) is 10.6 Å². The molecule has 22 heavy (non-hydrogen) atoms. The summed E-state index contributed by atoms with van der Waals surface area (Å²) in [5.74, 6) is -0.421. The summed E-state index contributed by atoms with van der Waals surface area (Å²) in [4.78, 5) is 12.5. The van der Waals surface area contributed by atoms with E-state index in [9.17, 15) is 13.2 Å². The van der Waals surface area contributed by atoms with Gasteiger partial charge in [-0.05, 0) is 37.6 Å². The molecule has 0 bridgehead atoms. The van der Waals surface area contributed by atoms with Crippen molar-refractivity contribution in [3.8, 4) is 0 Å². The highest BCUT2D eigenvalue weighted by molar-refractivity contribution is 7.93. The second-order valence-corrected chi connectivity index (χ2v) is 6.85. The number of amides is 1. The van der Waals surface area contributed by atoms with Crippen molar-refractivity contribution in [1.82, 2.24) is 0 Å². The largest absolute Gasteiger partial charge is 0.273 e. The lowest BCUT2D eigenvalue weighted by Gasteiger charge is -2.22. The van der Waals surface area contributed by atoms with Crippen LogP contribution < -0.4 is 4.31 Å². The zero-order valence-corrected chi connectivity index (χ0v) is 13.5. The van der Waals surface area contributed by atoms with Crippen LogP contribution in [0.5, 0.6) is 0 Å². The van der Waals surface area contributed by atoms with Crippen molar-refractivity contribution in [1.29, 1.82) is 0 Å². The van der Waals surface area contributed by atoms with Gasteiger partial charge in [-0.3, -0.25) is 4.79 Å². The Balaban J connectivity index is 2.54. The molecule has 5 heteroatoms. The van der Waals surface area contributed by atoms with Crippen LogP contribution in [-0.4, -0.2) is 14.3 Å². The number of carbonyl (C=O) groups excluding carboxylic acids is 1. The van der Waals surface area contributed by atoms with E-state index in [4.69, 9.17) is 0 Å². The number of aryl methyl sites for hydroxylation is 1. The molecule has 0 saturated carbocycles. The number of nitrogens with zero attached hydrogens (tertiary/aromatic N) is 1. The van der Waals surface area contributed by atoms with E-state index < -0.39 is 15.9 Å². The van der Waals surface area contributed by atoms with Crippen LogP contribution in [0.15, 0.2) is 59.5 Å². The third-order valence-electron chi connectivity index (χ3n) is 3.24. The lowest BCUT2D eigenvalue weighted by Crippen LogP contribution is -2.36. The first kappa shape index (κ1) is 16.2. The molecule has 2 rings (SSSR count). The third-order valence-corrected chi connectivity index (χ3v) is 5.00. The Labute approximate surface area is 131 Å². The van der Waals surface area contributed by atoms with Gasteiger partial charge in [0.25, 0.3) is 10.0 Å². The summed E-state index contributed by atoms with van der Waals surface area (Å²) in [7, 11) is -3.90. The molecule has 4 nitrogen and oxygen atoms in total. The molecule has 0 atom stereocenters. The van der Waals surface area contributed by atoms with Gasteiger partial charge in [0.2, 0.25) is 5.91 Å². The quantitative estimate of drug-likeness (QED) is 0.848. The lowest BCUT2D eigenvalue weighted by atomic mass is 10.2. The minimum atomic E-state index is -3.90. The first-order valence-electron chi connectivity index (χ1n) is 7.16. The van der Waals surface area contributed by atoms with Crippen molar-refractivity contribution in [3.05, 3.63) is 60.2 Å². The first-order chi connectivity index (χ1) is 10.5. The molecule has 0 aromatic heterocycles. The van der Waals surface area contributed by atoms with Crippen LogP contribution >= 0.6 is 0 Å². The highest BCUT2D eigenvalue weighted by atomic mass is 32.2. The Bertz CT molecular complexity index is 737. The normalized spacial score (nSPS) is 11.2. The van der Waals surface area contributed by atoms with E-state index in [1.807, 2.05) is 13.8 Å². The Hall–Kier alpha value is -2.14. The third kappa shape index (κ3) is 3.36. The fourth-order valence-electron chi connectivity index (χ4n) is 2.11. The van der Waals surface area contributed by atoms with Crippen molar-refractivity contribution in [2.75, 3.05) is 4.31 Å². The van der Waals surface area contributed by atoms with Crippen molar-refractivity contribution in [3.63, 3.8) is 0 Å². The predicted molar refractivity (Wildman–Crippen MR) is 87.2 cm³/mol. The van der Waals surface area contributed by atoms with Crippen molar-refractivity contribution in [2.24, 2.45) is 0 Å². The summed E-state index contributed by atoms with van der Waals surface area (Å²) in [5, 5.41) is 0. The van der Waals surface area contributed by atoms with Crippen LogP contribution in [0.1, 0.15) is 25.3 Å². The maximum Gasteiger partial charge on any atom is 0.270 e. The van der Waals surface area contributed by atoms with Gasteiger partial charge in [-0.25, -0.2) is 12.7 Å². The summed E-state index contributed by atoms with van der Waals surface area (Å²) in [6, 6.07) is 14.9. The van der Waals surface area contributed by atoms with E-state index in [2.05, 4.69) is 0 Å². The maximum atomic E-state index is 12.8. The monoisotopic (exact) mass is 317 g/mol. The molecule has 0 unspecified atom stereocenters. The molecule has 0 spiro atoms. The number of benzene rings is 2. The fourth-order valence-corrected chi connectivity index (χ4v) is 3.58. The Kier molecular flexibility index (Phi) is 4.98. The van der Waals surface area contributed by atoms with Gasteiger partial charge >= 0.3 is 0 Å². The van der Waals surface area contributed by atoms with Crippen molar-refractivity contribution in [2.45, 2.75) is 31.6 Å². The van der Waals surface area contributed by atoms with Crippen LogP contribution in [0.4, 0.5) is 5.69 Å². The number of hydrogen-bond donors (Lipinski definition) is 0. The summed E-state index contributed by atoms with van der Waals surface area (Å²) < 4.78 is 26.6. The Morgan fingerprint density at radius 1 is 1.00 bits per heavy atom. The van der Waals surface area contributed by atoms with E-state index in [0.29, 0.717) is 12.1 Å².